The molecule has 3 aromatic rings. The van der Waals surface area contributed by atoms with Crippen LogP contribution in [0.15, 0.2) is 84.9 Å². The van der Waals surface area contributed by atoms with Gasteiger partial charge in [0.1, 0.15) is 24.2 Å². The molecule has 3 aromatic carbocycles. The molecule has 4 aliphatic heterocycles. The number of nitrogens with one attached hydrogen (secondary N) is 5. The third-order valence-corrected chi connectivity index (χ3v) is 19.1. The van der Waals surface area contributed by atoms with E-state index in [1.165, 1.54) is 0 Å². The number of ketones is 1. The summed E-state index contributed by atoms with van der Waals surface area (Å²) in [5, 5.41) is 15.3. The third-order valence-electron chi connectivity index (χ3n) is 19.1. The molecule has 2 aliphatic carbocycles. The van der Waals surface area contributed by atoms with Crippen LogP contribution < -0.4 is 26.6 Å². The fourth-order valence-electron chi connectivity index (χ4n) is 14.1. The van der Waals surface area contributed by atoms with Gasteiger partial charge in [-0.25, -0.2) is 0 Å². The Morgan fingerprint density at radius 1 is 0.488 bits per heavy atom. The Hall–Kier alpha value is -6.46. The number of benzene rings is 3. The first-order valence-corrected chi connectivity index (χ1v) is 31.0. The van der Waals surface area contributed by atoms with Crippen molar-refractivity contribution >= 4 is 47.1 Å². The zero-order valence-corrected chi connectivity index (χ0v) is 48.8. The lowest BCUT2D eigenvalue weighted by Crippen LogP contribution is -2.58. The molecule has 82 heavy (non-hydrogen) atoms. The van der Waals surface area contributed by atoms with E-state index < -0.39 is 48.2 Å². The van der Waals surface area contributed by atoms with Gasteiger partial charge in [-0.05, 0) is 146 Å². The molecule has 0 aromatic heterocycles. The highest BCUT2D eigenvalue weighted by Gasteiger charge is 2.49. The summed E-state index contributed by atoms with van der Waals surface area (Å²) in [5.74, 6) is -2.55. The van der Waals surface area contributed by atoms with Crippen LogP contribution in [0.1, 0.15) is 180 Å². The predicted octanol–water partition coefficient (Wildman–Crippen LogP) is 7.03. The van der Waals surface area contributed by atoms with Crippen LogP contribution in [0.4, 0.5) is 0 Å². The molecule has 1 unspecified atom stereocenters. The summed E-state index contributed by atoms with van der Waals surface area (Å²) in [7, 11) is 3.41. The second-order valence-electron chi connectivity index (χ2n) is 24.4. The van der Waals surface area contributed by atoms with Gasteiger partial charge in [0, 0.05) is 49.8 Å². The van der Waals surface area contributed by atoms with Crippen molar-refractivity contribution in [2.24, 2.45) is 17.8 Å². The van der Waals surface area contributed by atoms with Gasteiger partial charge < -0.3 is 46.2 Å². The molecule has 4 heterocycles. The first-order chi connectivity index (χ1) is 39.7. The van der Waals surface area contributed by atoms with Crippen molar-refractivity contribution in [2.45, 2.75) is 190 Å². The van der Waals surface area contributed by atoms with Gasteiger partial charge in [0.25, 0.3) is 5.91 Å². The molecular weight excluding hydrogens is 1030 g/mol. The van der Waals surface area contributed by atoms with E-state index in [0.717, 1.165) is 114 Å². The van der Waals surface area contributed by atoms with Gasteiger partial charge in [0.05, 0.1) is 24.2 Å². The minimum atomic E-state index is -0.868. The number of carbonyl (C=O) groups excluding carboxylic acids is 8. The van der Waals surface area contributed by atoms with Crippen molar-refractivity contribution in [3.8, 4) is 0 Å². The Bertz CT molecular complexity index is 2520. The summed E-state index contributed by atoms with van der Waals surface area (Å²) in [4.78, 5) is 123. The van der Waals surface area contributed by atoms with E-state index in [1.54, 1.807) is 62.0 Å². The van der Waals surface area contributed by atoms with Crippen molar-refractivity contribution in [3.05, 3.63) is 107 Å². The van der Waals surface area contributed by atoms with Gasteiger partial charge in [-0.15, -0.1) is 0 Å². The number of carbonyl (C=O) groups is 8. The molecule has 7 amide bonds. The maximum atomic E-state index is 15.1. The van der Waals surface area contributed by atoms with Crippen LogP contribution in [0, 0.1) is 17.8 Å². The molecule has 6 fully saturated rings. The standard InChI is InChI=1S/C65H89N9O8/c1-42(66-3)59(76)69-57(48-25-13-7-14-26-48)64(81)73-40-44(37-54(73)62(79)71-35-19-17-29-52(71)45-21-9-5-10-22-45)38-56(75)47-31-33-50(34-32-47)61(78)68-51-39-55(63(80)72-36-20-18-30-53(72)46-23-11-6-12-24-46)74(41-51)65(82)58(49-27-15-8-16-28-49)70-60(77)43(2)67-4/h5-6,9-12,21-24,31-34,42-44,48-49,51-55,57-58,66-67H,7-8,13-20,25-30,35-41H2,1-4H3,(H,68,78)(H,69,76)(H,70,77)/t42-,43-,44+,51-,52+,53+,54-,55?,57-,58-/m0/s1. The van der Waals surface area contributed by atoms with Crippen molar-refractivity contribution in [1.82, 2.24) is 46.2 Å². The number of hydrogen-bond donors (Lipinski definition) is 5. The number of likely N-dealkylation sites (N-methyl/N-ethyl adjacent to an activating group) is 2. The fourth-order valence-corrected chi connectivity index (χ4v) is 14.1. The number of piperidine rings is 2. The van der Waals surface area contributed by atoms with E-state index in [2.05, 4.69) is 26.6 Å². The van der Waals surface area contributed by atoms with E-state index in [1.807, 2.05) is 70.5 Å². The van der Waals surface area contributed by atoms with Gasteiger partial charge in [-0.3, -0.25) is 38.4 Å². The van der Waals surface area contributed by atoms with Crippen LogP contribution in [-0.2, 0) is 28.8 Å². The maximum Gasteiger partial charge on any atom is 0.251 e. The molecule has 6 aliphatic rings. The number of hydrogen-bond acceptors (Lipinski definition) is 10. The number of likely N-dealkylation sites (tertiary alicyclic amines) is 4. The number of rotatable bonds is 19. The van der Waals surface area contributed by atoms with Gasteiger partial charge in [-0.1, -0.05) is 111 Å². The molecule has 4 saturated heterocycles. The summed E-state index contributed by atoms with van der Waals surface area (Å²) >= 11 is 0. The minimum absolute atomic E-state index is 0.0676. The van der Waals surface area contributed by atoms with Gasteiger partial charge in [0.2, 0.25) is 35.4 Å². The summed E-state index contributed by atoms with van der Waals surface area (Å²) in [6.45, 7) is 4.88. The topological polar surface area (TPSA) is 210 Å². The van der Waals surface area contributed by atoms with Crippen LogP contribution in [0.3, 0.4) is 0 Å². The van der Waals surface area contributed by atoms with Crippen molar-refractivity contribution in [2.75, 3.05) is 40.3 Å². The number of amides is 7. The average molecular weight is 1120 g/mol. The molecule has 0 radical (unpaired) electrons. The van der Waals surface area contributed by atoms with Crippen molar-refractivity contribution in [1.29, 1.82) is 0 Å². The molecule has 0 bridgehead atoms. The monoisotopic (exact) mass is 1120 g/mol. The average Bonchev–Trinajstić information content (AvgIpc) is 4.30. The van der Waals surface area contributed by atoms with E-state index in [9.17, 15) is 19.2 Å². The molecule has 0 spiro atoms. The molecule has 9 rings (SSSR count). The van der Waals surface area contributed by atoms with Crippen LogP contribution in [0.5, 0.6) is 0 Å². The van der Waals surface area contributed by atoms with Crippen LogP contribution >= 0.6 is 0 Å². The summed E-state index contributed by atoms with van der Waals surface area (Å²) < 4.78 is 0. The van der Waals surface area contributed by atoms with Crippen LogP contribution in [0.25, 0.3) is 0 Å². The number of nitrogens with zero attached hydrogens (tertiary/aromatic N) is 4. The molecule has 5 N–H and O–H groups in total. The Morgan fingerprint density at radius 2 is 0.915 bits per heavy atom. The zero-order chi connectivity index (χ0) is 57.9. The quantitative estimate of drug-likeness (QED) is 0.0775. The summed E-state index contributed by atoms with van der Waals surface area (Å²) in [6.07, 6.45) is 14.9. The lowest BCUT2D eigenvalue weighted by atomic mass is 9.83. The Balaban J connectivity index is 0.919. The predicted molar refractivity (Wildman–Crippen MR) is 314 cm³/mol. The summed E-state index contributed by atoms with van der Waals surface area (Å²) in [6, 6.07) is 21.2. The normalized spacial score (nSPS) is 25.1. The highest BCUT2D eigenvalue weighted by molar-refractivity contribution is 6.00. The Morgan fingerprint density at radius 3 is 1.38 bits per heavy atom. The fraction of sp³-hybridized carbons (Fsp3) is 0.600. The second kappa shape index (κ2) is 28.2. The molecule has 2 saturated carbocycles. The lowest BCUT2D eigenvalue weighted by Gasteiger charge is -2.40. The lowest BCUT2D eigenvalue weighted by molar-refractivity contribution is -0.149. The largest absolute Gasteiger partial charge is 0.347 e. The van der Waals surface area contributed by atoms with Crippen molar-refractivity contribution in [3.63, 3.8) is 0 Å². The van der Waals surface area contributed by atoms with Gasteiger partial charge >= 0.3 is 0 Å². The third kappa shape index (κ3) is 14.1. The molecule has 10 atom stereocenters. The zero-order valence-electron chi connectivity index (χ0n) is 48.8. The van der Waals surface area contributed by atoms with E-state index in [-0.39, 0.29) is 97.0 Å². The first kappa shape index (κ1) is 60.1. The molecule has 442 valence electrons. The first-order valence-electron chi connectivity index (χ1n) is 31.0. The maximum absolute atomic E-state index is 15.1. The minimum Gasteiger partial charge on any atom is -0.347 e. The second-order valence-corrected chi connectivity index (χ2v) is 24.4. The molecule has 17 nitrogen and oxygen atoms in total. The summed E-state index contributed by atoms with van der Waals surface area (Å²) in [5.41, 5.74) is 2.78. The molecule has 17 heteroatoms. The van der Waals surface area contributed by atoms with Gasteiger partial charge in [-0.2, -0.15) is 0 Å². The molecular formula is C65H89N9O8. The van der Waals surface area contributed by atoms with E-state index in [4.69, 9.17) is 0 Å². The van der Waals surface area contributed by atoms with Crippen LogP contribution in [0.2, 0.25) is 0 Å². The van der Waals surface area contributed by atoms with Crippen molar-refractivity contribution < 1.29 is 38.4 Å². The smallest absolute Gasteiger partial charge is 0.251 e. The SMILES string of the molecule is CN[C@@H](C)C(=O)N[C@H](C(=O)N1C[C@@H](NC(=O)c2ccc(C(=O)C[C@H]3C[C@@H](C(=O)N4CCCC[C@@H]4c4ccccc4)N(C(=O)[C@@H](NC(=O)[C@H](C)NC)C4CCCCC4)C3)cc2)CC1C(=O)N1CCCC[C@@H]1c1ccccc1)C1CCCCC1. The Labute approximate surface area is 485 Å². The van der Waals surface area contributed by atoms with E-state index in [0.29, 0.717) is 30.6 Å². The number of Topliss-reactive ketones (excluding diaryl/α,β-unsaturated/α-hetero) is 1. The van der Waals surface area contributed by atoms with Crippen LogP contribution in [-0.4, -0.2) is 149 Å². The van der Waals surface area contributed by atoms with Gasteiger partial charge in [0.15, 0.2) is 5.78 Å². The highest BCUT2D eigenvalue weighted by atomic mass is 16.2. The Kier molecular flexibility index (Phi) is 20.7. The highest BCUT2D eigenvalue weighted by Crippen LogP contribution is 2.39. The van der Waals surface area contributed by atoms with E-state index >= 15 is 19.2 Å².